The number of hydrogen-bond acceptors (Lipinski definition) is 4. The highest BCUT2D eigenvalue weighted by molar-refractivity contribution is 14.0. The highest BCUT2D eigenvalue weighted by Crippen LogP contribution is 2.22. The Labute approximate surface area is 191 Å². The Hall–Kier alpha value is -0.780. The van der Waals surface area contributed by atoms with Gasteiger partial charge in [-0.15, -0.1) is 24.0 Å². The Kier molecular flexibility index (Phi) is 13.8. The maximum absolute atomic E-state index is 12.2. The zero-order valence-electron chi connectivity index (χ0n) is 17.0. The molecule has 0 saturated carbocycles. The Morgan fingerprint density at radius 2 is 1.89 bits per heavy atom. The van der Waals surface area contributed by atoms with E-state index >= 15 is 0 Å². The van der Waals surface area contributed by atoms with Crippen LogP contribution in [0.1, 0.15) is 26.3 Å². The van der Waals surface area contributed by atoms with Crippen LogP contribution in [0.15, 0.2) is 23.2 Å². The molecule has 0 bridgehead atoms. The van der Waals surface area contributed by atoms with E-state index in [1.54, 1.807) is 13.2 Å². The van der Waals surface area contributed by atoms with E-state index in [1.807, 2.05) is 32.9 Å². The number of nitrogens with one attached hydrogen (secondary N) is 2. The standard InChI is InChI=1S/C18H31ClN4O3S.HI/c1-5-20-18(22-12-13-27(24,25)23(6-2)7-3)21-11-10-15-8-9-16(26-4)14-17(15)19;/h8-9,14H,5-7,10-13H2,1-4H3,(H2,20,21,22);1H. The van der Waals surface area contributed by atoms with Crippen molar-refractivity contribution in [1.29, 1.82) is 0 Å². The first-order valence-corrected chi connectivity index (χ1v) is 11.2. The van der Waals surface area contributed by atoms with Crippen LogP contribution in [0, 0.1) is 0 Å². The lowest BCUT2D eigenvalue weighted by Crippen LogP contribution is -2.39. The number of rotatable bonds is 11. The third-order valence-corrected chi connectivity index (χ3v) is 6.36. The summed E-state index contributed by atoms with van der Waals surface area (Å²) in [6, 6.07) is 5.59. The second kappa shape index (κ2) is 14.2. The van der Waals surface area contributed by atoms with Crippen LogP contribution in [0.25, 0.3) is 0 Å². The van der Waals surface area contributed by atoms with Crippen LogP contribution < -0.4 is 15.4 Å². The van der Waals surface area contributed by atoms with Gasteiger partial charge in [-0.1, -0.05) is 31.5 Å². The zero-order valence-corrected chi connectivity index (χ0v) is 20.9. The third kappa shape index (κ3) is 9.15. The molecule has 0 saturated heterocycles. The largest absolute Gasteiger partial charge is 0.497 e. The van der Waals surface area contributed by atoms with E-state index in [0.29, 0.717) is 43.6 Å². The van der Waals surface area contributed by atoms with E-state index in [9.17, 15) is 8.42 Å². The second-order valence-electron chi connectivity index (χ2n) is 5.80. The molecule has 0 unspecified atom stereocenters. The Bertz CT molecular complexity index is 713. The number of aliphatic imine (C=N–C) groups is 1. The summed E-state index contributed by atoms with van der Waals surface area (Å²) in [7, 11) is -1.66. The number of methoxy groups -OCH3 is 1. The van der Waals surface area contributed by atoms with Gasteiger partial charge in [0, 0.05) is 31.2 Å². The average molecular weight is 547 g/mol. The van der Waals surface area contributed by atoms with Crippen LogP contribution in [-0.2, 0) is 16.4 Å². The Morgan fingerprint density at radius 3 is 2.43 bits per heavy atom. The molecular weight excluding hydrogens is 515 g/mol. The first-order chi connectivity index (χ1) is 12.9. The molecule has 1 rings (SSSR count). The van der Waals surface area contributed by atoms with Crippen molar-refractivity contribution in [3.05, 3.63) is 28.8 Å². The summed E-state index contributed by atoms with van der Waals surface area (Å²) in [6.45, 7) is 8.10. The van der Waals surface area contributed by atoms with E-state index in [0.717, 1.165) is 11.3 Å². The van der Waals surface area contributed by atoms with Crippen molar-refractivity contribution in [2.45, 2.75) is 27.2 Å². The van der Waals surface area contributed by atoms with Gasteiger partial charge in [-0.25, -0.2) is 12.7 Å². The molecular formula is C18H32ClIN4O3S. The minimum Gasteiger partial charge on any atom is -0.497 e. The number of hydrogen-bond donors (Lipinski definition) is 2. The van der Waals surface area contributed by atoms with Crippen LogP contribution in [0.3, 0.4) is 0 Å². The van der Waals surface area contributed by atoms with Crippen LogP contribution in [0.4, 0.5) is 0 Å². The van der Waals surface area contributed by atoms with Gasteiger partial charge in [0.05, 0.1) is 19.4 Å². The van der Waals surface area contributed by atoms with Crippen LogP contribution >= 0.6 is 35.6 Å². The zero-order chi connectivity index (χ0) is 20.3. The highest BCUT2D eigenvalue weighted by atomic mass is 127. The minimum absolute atomic E-state index is 0. The van der Waals surface area contributed by atoms with Gasteiger partial charge < -0.3 is 15.4 Å². The SMILES string of the molecule is CCNC(=NCCS(=O)(=O)N(CC)CC)NCCc1ccc(OC)cc1Cl.I. The first kappa shape index (κ1) is 27.2. The fourth-order valence-corrected chi connectivity index (χ4v) is 4.17. The summed E-state index contributed by atoms with van der Waals surface area (Å²) in [5, 5.41) is 6.99. The van der Waals surface area contributed by atoms with Crippen molar-refractivity contribution in [3.8, 4) is 5.75 Å². The van der Waals surface area contributed by atoms with Crippen LogP contribution in [-0.4, -0.2) is 64.3 Å². The number of sulfonamides is 1. The quantitative estimate of drug-likeness (QED) is 0.253. The predicted molar refractivity (Wildman–Crippen MR) is 128 cm³/mol. The van der Waals surface area contributed by atoms with Gasteiger partial charge >= 0.3 is 0 Å². The van der Waals surface area contributed by atoms with Gasteiger partial charge in [0.15, 0.2) is 5.96 Å². The van der Waals surface area contributed by atoms with Gasteiger partial charge in [0.2, 0.25) is 10.0 Å². The molecule has 2 N–H and O–H groups in total. The molecule has 0 heterocycles. The number of benzene rings is 1. The van der Waals surface area contributed by atoms with Crippen LogP contribution in [0.5, 0.6) is 5.75 Å². The number of nitrogens with zero attached hydrogens (tertiary/aromatic N) is 2. The van der Waals surface area contributed by atoms with Crippen molar-refractivity contribution >= 4 is 51.6 Å². The monoisotopic (exact) mass is 546 g/mol. The van der Waals surface area contributed by atoms with Crippen molar-refractivity contribution in [1.82, 2.24) is 14.9 Å². The maximum Gasteiger partial charge on any atom is 0.215 e. The van der Waals surface area contributed by atoms with Gasteiger partial charge in [0.1, 0.15) is 5.75 Å². The number of halogens is 2. The number of ether oxygens (including phenoxy) is 1. The lowest BCUT2D eigenvalue weighted by Gasteiger charge is -2.18. The van der Waals surface area contributed by atoms with E-state index < -0.39 is 10.0 Å². The molecule has 10 heteroatoms. The molecule has 0 amide bonds. The molecule has 0 spiro atoms. The smallest absolute Gasteiger partial charge is 0.215 e. The Morgan fingerprint density at radius 1 is 1.21 bits per heavy atom. The molecule has 28 heavy (non-hydrogen) atoms. The predicted octanol–water partition coefficient (Wildman–Crippen LogP) is 2.74. The summed E-state index contributed by atoms with van der Waals surface area (Å²) in [5.74, 6) is 1.31. The molecule has 0 fully saturated rings. The molecule has 0 aliphatic heterocycles. The van der Waals surface area contributed by atoms with E-state index in [1.165, 1.54) is 4.31 Å². The molecule has 0 aliphatic rings. The maximum atomic E-state index is 12.2. The van der Waals surface area contributed by atoms with Crippen molar-refractivity contribution in [2.24, 2.45) is 4.99 Å². The normalized spacial score (nSPS) is 11.9. The minimum atomic E-state index is -3.27. The average Bonchev–Trinajstić information content (AvgIpc) is 2.63. The van der Waals surface area contributed by atoms with E-state index in [2.05, 4.69) is 15.6 Å². The summed E-state index contributed by atoms with van der Waals surface area (Å²) in [4.78, 5) is 4.37. The summed E-state index contributed by atoms with van der Waals surface area (Å²) >= 11 is 6.25. The molecule has 162 valence electrons. The molecule has 0 radical (unpaired) electrons. The molecule has 0 aromatic heterocycles. The molecule has 0 atom stereocenters. The van der Waals surface area contributed by atoms with Gasteiger partial charge in [-0.3, -0.25) is 4.99 Å². The highest BCUT2D eigenvalue weighted by Gasteiger charge is 2.17. The fraction of sp³-hybridized carbons (Fsp3) is 0.611. The molecule has 1 aromatic carbocycles. The molecule has 0 aliphatic carbocycles. The summed E-state index contributed by atoms with van der Waals surface area (Å²) < 4.78 is 31.0. The second-order valence-corrected chi connectivity index (χ2v) is 8.29. The molecule has 7 nitrogen and oxygen atoms in total. The van der Waals surface area contributed by atoms with E-state index in [-0.39, 0.29) is 36.3 Å². The Balaban J connectivity index is 0.00000729. The van der Waals surface area contributed by atoms with Crippen molar-refractivity contribution in [3.63, 3.8) is 0 Å². The first-order valence-electron chi connectivity index (χ1n) is 9.20. The summed E-state index contributed by atoms with van der Waals surface area (Å²) in [6.07, 6.45) is 0.713. The third-order valence-electron chi connectivity index (χ3n) is 4.01. The van der Waals surface area contributed by atoms with Crippen molar-refractivity contribution in [2.75, 3.05) is 45.6 Å². The van der Waals surface area contributed by atoms with Gasteiger partial charge in [-0.2, -0.15) is 0 Å². The van der Waals surface area contributed by atoms with Gasteiger partial charge in [0.25, 0.3) is 0 Å². The number of guanidine groups is 1. The van der Waals surface area contributed by atoms with Crippen molar-refractivity contribution < 1.29 is 13.2 Å². The van der Waals surface area contributed by atoms with E-state index in [4.69, 9.17) is 16.3 Å². The lowest BCUT2D eigenvalue weighted by molar-refractivity contribution is 0.414. The lowest BCUT2D eigenvalue weighted by atomic mass is 10.1. The summed E-state index contributed by atoms with van der Waals surface area (Å²) in [5.41, 5.74) is 1.00. The topological polar surface area (TPSA) is 83.0 Å². The van der Waals surface area contributed by atoms with Crippen LogP contribution in [0.2, 0.25) is 5.02 Å². The fourth-order valence-electron chi connectivity index (χ4n) is 2.53. The van der Waals surface area contributed by atoms with Gasteiger partial charge in [-0.05, 0) is 31.0 Å². The molecule has 1 aromatic rings.